The first kappa shape index (κ1) is 15.3. The van der Waals surface area contributed by atoms with Gasteiger partial charge in [-0.25, -0.2) is 0 Å². The fraction of sp³-hybridized carbons (Fsp3) is 0.412. The predicted molar refractivity (Wildman–Crippen MR) is 88.6 cm³/mol. The minimum atomic E-state index is -0.473. The third kappa shape index (κ3) is 2.49. The Morgan fingerprint density at radius 3 is 2.14 bits per heavy atom. The number of phenols is 1. The summed E-state index contributed by atoms with van der Waals surface area (Å²) >= 11 is 0. The van der Waals surface area contributed by atoms with Gasteiger partial charge in [-0.3, -0.25) is 0 Å². The van der Waals surface area contributed by atoms with Gasteiger partial charge in [0.25, 0.3) is 0 Å². The molecular weight excluding hydrogens is 277 g/mol. The Morgan fingerprint density at radius 2 is 1.50 bits per heavy atom. The van der Waals surface area contributed by atoms with Crippen molar-refractivity contribution in [3.8, 4) is 5.75 Å². The molecule has 2 aromatic carbocycles. The van der Waals surface area contributed by atoms with Crippen molar-refractivity contribution in [1.29, 1.82) is 0 Å². The number of fused-ring (bicyclic) bond motifs is 1. The minimum absolute atomic E-state index is 0.260. The first-order chi connectivity index (χ1) is 10.2. The van der Waals surface area contributed by atoms with E-state index < -0.39 is 18.3 Å². The van der Waals surface area contributed by atoms with E-state index >= 15 is 0 Å². The second-order valence-electron chi connectivity index (χ2n) is 6.94. The summed E-state index contributed by atoms with van der Waals surface area (Å²) in [5, 5.41) is 11.5. The Balaban J connectivity index is 1.90. The lowest BCUT2D eigenvalue weighted by Crippen LogP contribution is -2.41. The number of aromatic hydroxyl groups is 1. The highest BCUT2D eigenvalue weighted by atomic mass is 16.7. The summed E-state index contributed by atoms with van der Waals surface area (Å²) < 4.78 is 12.0. The topological polar surface area (TPSA) is 64.7 Å². The fourth-order valence-corrected chi connectivity index (χ4v) is 2.65. The highest BCUT2D eigenvalue weighted by molar-refractivity contribution is 6.47. The Morgan fingerprint density at radius 1 is 0.955 bits per heavy atom. The van der Waals surface area contributed by atoms with E-state index in [2.05, 4.69) is 0 Å². The summed E-state index contributed by atoms with van der Waals surface area (Å²) in [6, 6.07) is 11.2. The molecule has 22 heavy (non-hydrogen) atoms. The van der Waals surface area contributed by atoms with E-state index in [1.165, 1.54) is 0 Å². The summed E-state index contributed by atoms with van der Waals surface area (Å²) in [5.41, 5.74) is 6.54. The molecule has 1 atom stereocenters. The highest BCUT2D eigenvalue weighted by Crippen LogP contribution is 2.39. The molecular formula is C17H22BNO3. The number of hydrogen-bond donors (Lipinski definition) is 2. The maximum absolute atomic E-state index is 9.53. The van der Waals surface area contributed by atoms with Gasteiger partial charge in [0.05, 0.1) is 17.1 Å². The van der Waals surface area contributed by atoms with Crippen LogP contribution in [-0.4, -0.2) is 23.4 Å². The van der Waals surface area contributed by atoms with Crippen molar-refractivity contribution < 1.29 is 14.4 Å². The third-order valence-electron chi connectivity index (χ3n) is 4.80. The summed E-state index contributed by atoms with van der Waals surface area (Å²) in [4.78, 5) is 0. The second kappa shape index (κ2) is 4.98. The van der Waals surface area contributed by atoms with Crippen LogP contribution in [0.1, 0.15) is 39.2 Å². The largest absolute Gasteiger partial charge is 0.508 e. The van der Waals surface area contributed by atoms with E-state index in [1.807, 2.05) is 52.0 Å². The average Bonchev–Trinajstić information content (AvgIpc) is 2.66. The molecule has 1 aliphatic rings. The predicted octanol–water partition coefficient (Wildman–Crippen LogP) is 3.18. The van der Waals surface area contributed by atoms with Gasteiger partial charge in [0, 0.05) is 0 Å². The van der Waals surface area contributed by atoms with Crippen LogP contribution in [0.2, 0.25) is 0 Å². The molecule has 5 heteroatoms. The van der Waals surface area contributed by atoms with Gasteiger partial charge in [-0.2, -0.15) is 0 Å². The lowest BCUT2D eigenvalue weighted by molar-refractivity contribution is 0.00578. The van der Waals surface area contributed by atoms with E-state index in [1.54, 1.807) is 12.1 Å². The quantitative estimate of drug-likeness (QED) is 0.836. The van der Waals surface area contributed by atoms with Crippen LogP contribution in [0.25, 0.3) is 10.8 Å². The number of benzene rings is 2. The fourth-order valence-electron chi connectivity index (χ4n) is 2.65. The number of phenolic OH excluding ortho intramolecular Hbond substituents is 1. The lowest BCUT2D eigenvalue weighted by Gasteiger charge is -2.32. The smallest absolute Gasteiger partial charge is 0.480 e. The zero-order valence-electron chi connectivity index (χ0n) is 13.5. The maximum atomic E-state index is 9.53. The van der Waals surface area contributed by atoms with E-state index in [-0.39, 0.29) is 11.7 Å². The number of hydrogen-bond acceptors (Lipinski definition) is 4. The molecule has 0 aromatic heterocycles. The third-order valence-corrected chi connectivity index (χ3v) is 4.80. The molecule has 0 saturated carbocycles. The van der Waals surface area contributed by atoms with Crippen molar-refractivity contribution in [2.24, 2.45) is 5.73 Å². The van der Waals surface area contributed by atoms with Gasteiger partial charge < -0.3 is 20.1 Å². The Labute approximate surface area is 131 Å². The monoisotopic (exact) mass is 299 g/mol. The van der Waals surface area contributed by atoms with Gasteiger partial charge in [-0.05, 0) is 56.2 Å². The molecule has 0 aliphatic carbocycles. The standard InChI is InChI=1S/C17H22BNO3/c1-16(2)17(3,4)22-18(21-16)15(19)13-6-5-12-10-14(20)8-7-11(12)9-13/h5-10,15,20H,19H2,1-4H3/t15-/m0/s1. The van der Waals surface area contributed by atoms with Crippen molar-refractivity contribution in [3.05, 3.63) is 42.0 Å². The second-order valence-corrected chi connectivity index (χ2v) is 6.94. The van der Waals surface area contributed by atoms with Crippen LogP contribution in [-0.2, 0) is 9.31 Å². The molecule has 0 radical (unpaired) electrons. The molecule has 116 valence electrons. The normalized spacial score (nSPS) is 21.2. The number of rotatable bonds is 2. The molecule has 0 amide bonds. The van der Waals surface area contributed by atoms with Gasteiger partial charge in [-0.1, -0.05) is 24.3 Å². The van der Waals surface area contributed by atoms with Crippen LogP contribution in [0.4, 0.5) is 0 Å². The van der Waals surface area contributed by atoms with Crippen LogP contribution in [0.3, 0.4) is 0 Å². The first-order valence-electron chi connectivity index (χ1n) is 7.53. The molecule has 1 heterocycles. The first-order valence-corrected chi connectivity index (χ1v) is 7.53. The summed E-state index contributed by atoms with van der Waals surface area (Å²) in [6.07, 6.45) is 0. The average molecular weight is 299 g/mol. The molecule has 0 unspecified atom stereocenters. The molecule has 3 N–H and O–H groups in total. The van der Waals surface area contributed by atoms with Crippen LogP contribution in [0.15, 0.2) is 36.4 Å². The van der Waals surface area contributed by atoms with E-state index in [4.69, 9.17) is 15.0 Å². The van der Waals surface area contributed by atoms with Crippen molar-refractivity contribution in [3.63, 3.8) is 0 Å². The van der Waals surface area contributed by atoms with Crippen LogP contribution < -0.4 is 5.73 Å². The SMILES string of the molecule is CC1(C)OB([C@@H](N)c2ccc3cc(O)ccc3c2)OC1(C)C. The molecule has 1 aliphatic heterocycles. The summed E-state index contributed by atoms with van der Waals surface area (Å²) in [6.45, 7) is 8.07. The highest BCUT2D eigenvalue weighted by Gasteiger charge is 2.53. The Bertz CT molecular complexity index is 698. The van der Waals surface area contributed by atoms with Crippen molar-refractivity contribution in [1.82, 2.24) is 0 Å². The summed E-state index contributed by atoms with van der Waals surface area (Å²) in [5.74, 6) is -0.102. The number of nitrogens with two attached hydrogens (primary N) is 1. The maximum Gasteiger partial charge on any atom is 0.480 e. The van der Waals surface area contributed by atoms with Gasteiger partial charge in [0.1, 0.15) is 5.75 Å². The zero-order chi connectivity index (χ0) is 16.1. The molecule has 0 bridgehead atoms. The zero-order valence-corrected chi connectivity index (χ0v) is 13.5. The van der Waals surface area contributed by atoms with Gasteiger partial charge in [0.15, 0.2) is 0 Å². The molecule has 1 fully saturated rings. The van der Waals surface area contributed by atoms with Crippen molar-refractivity contribution >= 4 is 17.9 Å². The van der Waals surface area contributed by atoms with Gasteiger partial charge >= 0.3 is 7.12 Å². The van der Waals surface area contributed by atoms with Gasteiger partial charge in [0.2, 0.25) is 0 Å². The molecule has 0 spiro atoms. The minimum Gasteiger partial charge on any atom is -0.508 e. The van der Waals surface area contributed by atoms with E-state index in [0.717, 1.165) is 16.3 Å². The van der Waals surface area contributed by atoms with E-state index in [9.17, 15) is 5.11 Å². The molecule has 4 nitrogen and oxygen atoms in total. The van der Waals surface area contributed by atoms with Crippen LogP contribution in [0.5, 0.6) is 5.75 Å². The Hall–Kier alpha value is -1.56. The summed E-state index contributed by atoms with van der Waals surface area (Å²) in [7, 11) is -0.473. The Kier molecular flexibility index (Phi) is 3.47. The lowest BCUT2D eigenvalue weighted by atomic mass is 9.74. The molecule has 2 aromatic rings. The van der Waals surface area contributed by atoms with Crippen LogP contribution >= 0.6 is 0 Å². The van der Waals surface area contributed by atoms with Crippen LogP contribution in [0, 0.1) is 0 Å². The van der Waals surface area contributed by atoms with E-state index in [0.29, 0.717) is 0 Å². The van der Waals surface area contributed by atoms with Gasteiger partial charge in [-0.15, -0.1) is 0 Å². The van der Waals surface area contributed by atoms with Crippen molar-refractivity contribution in [2.45, 2.75) is 44.8 Å². The molecule has 3 rings (SSSR count). The van der Waals surface area contributed by atoms with Crippen molar-refractivity contribution in [2.75, 3.05) is 0 Å². The molecule has 1 saturated heterocycles.